The molecule has 6 heteroatoms. The molecule has 23 heavy (non-hydrogen) atoms. The molecule has 1 N–H and O–H groups in total. The summed E-state index contributed by atoms with van der Waals surface area (Å²) in [7, 11) is 0. The molecule has 4 rings (SSSR count). The average molecular weight is 345 g/mol. The summed E-state index contributed by atoms with van der Waals surface area (Å²) in [4.78, 5) is 9.05. The topological polar surface area (TPSA) is 42.2 Å². The molecule has 3 aromatic rings. The first-order chi connectivity index (χ1) is 11.3. The number of thioether (sulfide) groups is 1. The Morgan fingerprint density at radius 2 is 2.13 bits per heavy atom. The summed E-state index contributed by atoms with van der Waals surface area (Å²) < 4.78 is 2.17. The van der Waals surface area contributed by atoms with Gasteiger partial charge in [0.05, 0.1) is 11.9 Å². The zero-order chi connectivity index (χ0) is 15.6. The zero-order valence-corrected chi connectivity index (χ0v) is 14.1. The van der Waals surface area contributed by atoms with E-state index in [-0.39, 0.29) is 0 Å². The highest BCUT2D eigenvalue weighted by molar-refractivity contribution is 7.99. The van der Waals surface area contributed by atoms with E-state index < -0.39 is 0 Å². The van der Waals surface area contributed by atoms with Crippen LogP contribution >= 0.6 is 23.4 Å². The van der Waals surface area contributed by atoms with Crippen molar-refractivity contribution >= 4 is 34.8 Å². The second kappa shape index (κ2) is 6.42. The van der Waals surface area contributed by atoms with E-state index in [4.69, 9.17) is 11.6 Å². The third kappa shape index (κ3) is 3.03. The maximum Gasteiger partial charge on any atom is 0.180 e. The van der Waals surface area contributed by atoms with Crippen molar-refractivity contribution in [1.82, 2.24) is 14.4 Å². The lowest BCUT2D eigenvalue weighted by molar-refractivity contribution is 0.798. The molecule has 0 aliphatic carbocycles. The third-order valence-corrected chi connectivity index (χ3v) is 5.75. The van der Waals surface area contributed by atoms with Crippen molar-refractivity contribution in [2.24, 2.45) is 0 Å². The van der Waals surface area contributed by atoms with Crippen LogP contribution in [-0.2, 0) is 6.54 Å². The number of hydrogen-bond donors (Lipinski definition) is 1. The van der Waals surface area contributed by atoms with Gasteiger partial charge in [-0.2, -0.15) is 11.8 Å². The quantitative estimate of drug-likeness (QED) is 0.753. The first kappa shape index (κ1) is 14.8. The van der Waals surface area contributed by atoms with Gasteiger partial charge in [-0.1, -0.05) is 23.7 Å². The number of hydrogen-bond acceptors (Lipinski definition) is 4. The molecule has 3 heterocycles. The first-order valence-corrected chi connectivity index (χ1v) is 9.16. The Morgan fingerprint density at radius 3 is 2.91 bits per heavy atom. The van der Waals surface area contributed by atoms with E-state index in [1.165, 1.54) is 24.3 Å². The molecule has 0 radical (unpaired) electrons. The van der Waals surface area contributed by atoms with Crippen LogP contribution in [0, 0.1) is 0 Å². The minimum Gasteiger partial charge on any atom is -0.363 e. The van der Waals surface area contributed by atoms with Crippen molar-refractivity contribution in [2.75, 3.05) is 11.1 Å². The molecule has 1 fully saturated rings. The Morgan fingerprint density at radius 1 is 1.26 bits per heavy atom. The van der Waals surface area contributed by atoms with Crippen LogP contribution in [0.25, 0.3) is 5.65 Å². The van der Waals surface area contributed by atoms with Crippen LogP contribution in [-0.4, -0.2) is 20.1 Å². The Balaban J connectivity index is 1.58. The standard InChI is InChI=1S/C17H17ClN4S/c18-13-5-3-12(4-6-13)10-20-16-17-21-11-14(15-2-1-9-23-15)22(17)8-7-19-16/h3-8,11,15H,1-2,9-10H2,(H,19,20)/t15-/m0/s1. The molecule has 0 bridgehead atoms. The van der Waals surface area contributed by atoms with Gasteiger partial charge in [0.1, 0.15) is 0 Å². The van der Waals surface area contributed by atoms with Crippen molar-refractivity contribution in [3.05, 3.63) is 59.1 Å². The second-order valence-electron chi connectivity index (χ2n) is 5.63. The number of rotatable bonds is 4. The van der Waals surface area contributed by atoms with Gasteiger partial charge in [0, 0.05) is 29.2 Å². The number of nitrogens with one attached hydrogen (secondary N) is 1. The number of anilines is 1. The van der Waals surface area contributed by atoms with Gasteiger partial charge in [-0.3, -0.25) is 4.40 Å². The molecule has 1 aromatic carbocycles. The minimum atomic E-state index is 0.552. The molecule has 1 saturated heterocycles. The van der Waals surface area contributed by atoms with Gasteiger partial charge in [-0.15, -0.1) is 0 Å². The molecule has 118 valence electrons. The normalized spacial score (nSPS) is 17.7. The monoisotopic (exact) mass is 344 g/mol. The number of halogens is 1. The summed E-state index contributed by atoms with van der Waals surface area (Å²) >= 11 is 7.94. The van der Waals surface area contributed by atoms with E-state index in [2.05, 4.69) is 19.7 Å². The van der Waals surface area contributed by atoms with E-state index in [0.717, 1.165) is 22.1 Å². The predicted octanol–water partition coefficient (Wildman–Crippen LogP) is 4.56. The molecular formula is C17H17ClN4S. The molecule has 0 saturated carbocycles. The van der Waals surface area contributed by atoms with E-state index in [1.54, 1.807) is 0 Å². The lowest BCUT2D eigenvalue weighted by Gasteiger charge is -2.10. The SMILES string of the molecule is Clc1ccc(CNc2nccn3c([C@@H]4CCCS4)cnc23)cc1. The highest BCUT2D eigenvalue weighted by Crippen LogP contribution is 2.40. The zero-order valence-electron chi connectivity index (χ0n) is 12.6. The van der Waals surface area contributed by atoms with E-state index >= 15 is 0 Å². The van der Waals surface area contributed by atoms with E-state index in [1.807, 2.05) is 54.6 Å². The molecule has 0 spiro atoms. The molecule has 1 atom stereocenters. The summed E-state index contributed by atoms with van der Waals surface area (Å²) in [6.45, 7) is 0.699. The van der Waals surface area contributed by atoms with Crippen LogP contribution in [0.1, 0.15) is 29.3 Å². The van der Waals surface area contributed by atoms with Crippen LogP contribution in [0.3, 0.4) is 0 Å². The first-order valence-electron chi connectivity index (χ1n) is 7.73. The minimum absolute atomic E-state index is 0.552. The number of aromatic nitrogens is 3. The maximum absolute atomic E-state index is 5.92. The Kier molecular flexibility index (Phi) is 4.14. The lowest BCUT2D eigenvalue weighted by Crippen LogP contribution is -2.04. The van der Waals surface area contributed by atoms with Gasteiger partial charge in [-0.25, -0.2) is 9.97 Å². The second-order valence-corrected chi connectivity index (χ2v) is 7.38. The predicted molar refractivity (Wildman–Crippen MR) is 96.2 cm³/mol. The highest BCUT2D eigenvalue weighted by atomic mass is 35.5. The van der Waals surface area contributed by atoms with E-state index in [9.17, 15) is 0 Å². The van der Waals surface area contributed by atoms with Crippen LogP contribution < -0.4 is 5.32 Å². The van der Waals surface area contributed by atoms with Crippen molar-refractivity contribution in [3.63, 3.8) is 0 Å². The smallest absolute Gasteiger partial charge is 0.180 e. The molecule has 1 aliphatic heterocycles. The molecule has 2 aromatic heterocycles. The summed E-state index contributed by atoms with van der Waals surface area (Å²) in [5.41, 5.74) is 3.33. The summed E-state index contributed by atoms with van der Waals surface area (Å²) in [5, 5.41) is 4.69. The van der Waals surface area contributed by atoms with Gasteiger partial charge in [0.2, 0.25) is 0 Å². The average Bonchev–Trinajstić information content (AvgIpc) is 3.23. The highest BCUT2D eigenvalue weighted by Gasteiger charge is 2.21. The number of fused-ring (bicyclic) bond motifs is 1. The van der Waals surface area contributed by atoms with Crippen LogP contribution in [0.5, 0.6) is 0 Å². The fraction of sp³-hybridized carbons (Fsp3) is 0.294. The third-order valence-electron chi connectivity index (χ3n) is 4.09. The van der Waals surface area contributed by atoms with Gasteiger partial charge >= 0.3 is 0 Å². The Labute approximate surface area is 144 Å². The van der Waals surface area contributed by atoms with Gasteiger partial charge in [0.15, 0.2) is 11.5 Å². The van der Waals surface area contributed by atoms with Crippen molar-refractivity contribution in [2.45, 2.75) is 24.6 Å². The van der Waals surface area contributed by atoms with Crippen molar-refractivity contribution in [3.8, 4) is 0 Å². The van der Waals surface area contributed by atoms with Crippen LogP contribution in [0.4, 0.5) is 5.82 Å². The Hall–Kier alpha value is -1.72. The van der Waals surface area contributed by atoms with Gasteiger partial charge in [-0.05, 0) is 36.3 Å². The van der Waals surface area contributed by atoms with Crippen LogP contribution in [0.15, 0.2) is 42.9 Å². The van der Waals surface area contributed by atoms with Gasteiger partial charge in [0.25, 0.3) is 0 Å². The molecule has 1 aliphatic rings. The Bertz CT molecular complexity index is 809. The fourth-order valence-corrected chi connectivity index (χ4v) is 4.32. The largest absolute Gasteiger partial charge is 0.363 e. The molecular weight excluding hydrogens is 328 g/mol. The molecule has 0 amide bonds. The molecule has 4 nitrogen and oxygen atoms in total. The van der Waals surface area contributed by atoms with Gasteiger partial charge < -0.3 is 5.32 Å². The summed E-state index contributed by atoms with van der Waals surface area (Å²) in [6, 6.07) is 7.83. The van der Waals surface area contributed by atoms with E-state index in [0.29, 0.717) is 11.8 Å². The number of imidazole rings is 1. The fourth-order valence-electron chi connectivity index (χ4n) is 2.90. The summed E-state index contributed by atoms with van der Waals surface area (Å²) in [6.07, 6.45) is 8.35. The summed E-state index contributed by atoms with van der Waals surface area (Å²) in [5.74, 6) is 2.06. The number of benzene rings is 1. The number of nitrogens with zero attached hydrogens (tertiary/aromatic N) is 3. The maximum atomic E-state index is 5.92. The lowest BCUT2D eigenvalue weighted by atomic mass is 10.2. The van der Waals surface area contributed by atoms with Crippen LogP contribution in [0.2, 0.25) is 5.02 Å². The van der Waals surface area contributed by atoms with Crippen molar-refractivity contribution in [1.29, 1.82) is 0 Å². The molecule has 0 unspecified atom stereocenters. The van der Waals surface area contributed by atoms with Crippen molar-refractivity contribution < 1.29 is 0 Å².